The number of allylic oxidation sites excluding steroid dienone is 2. The molecule has 0 rings (SSSR count). The molecule has 0 saturated carbocycles. The average Bonchev–Trinajstić information content (AvgIpc) is 2.24. The van der Waals surface area contributed by atoms with Crippen molar-refractivity contribution in [1.29, 1.82) is 0 Å². The molecule has 0 fully saturated rings. The predicted molar refractivity (Wildman–Crippen MR) is 65.1 cm³/mol. The van der Waals surface area contributed by atoms with Gasteiger partial charge < -0.3 is 9.47 Å². The monoisotopic (exact) mass is 242 g/mol. The highest BCUT2D eigenvalue weighted by atomic mass is 16.7. The van der Waals surface area contributed by atoms with Crippen molar-refractivity contribution in [2.75, 3.05) is 0 Å². The Kier molecular flexibility index (Phi) is 8.11. The molecule has 4 heteroatoms. The lowest BCUT2D eigenvalue weighted by molar-refractivity contribution is -0.186. The molecule has 0 bridgehead atoms. The fourth-order valence-corrected chi connectivity index (χ4v) is 1.05. The minimum atomic E-state index is -0.812. The molecule has 0 aromatic carbocycles. The lowest BCUT2D eigenvalue weighted by Crippen LogP contribution is -2.24. The molecule has 0 aliphatic heterocycles. The Balaban J connectivity index is 3.80. The van der Waals surface area contributed by atoms with Crippen LogP contribution in [0.25, 0.3) is 0 Å². The summed E-state index contributed by atoms with van der Waals surface area (Å²) < 4.78 is 9.85. The van der Waals surface area contributed by atoms with Crippen LogP contribution >= 0.6 is 0 Å². The minimum absolute atomic E-state index is 0.219. The van der Waals surface area contributed by atoms with Gasteiger partial charge in [-0.15, -0.1) is 0 Å². The summed E-state index contributed by atoms with van der Waals surface area (Å²) in [4.78, 5) is 22.5. The molecule has 0 radical (unpaired) electrons. The zero-order valence-corrected chi connectivity index (χ0v) is 11.1. The highest BCUT2D eigenvalue weighted by Gasteiger charge is 2.15. The van der Waals surface area contributed by atoms with Crippen molar-refractivity contribution < 1.29 is 19.1 Å². The summed E-state index contributed by atoms with van der Waals surface area (Å²) in [5, 5.41) is 0. The molecule has 4 nitrogen and oxygen atoms in total. The van der Waals surface area contributed by atoms with Gasteiger partial charge in [-0.05, 0) is 12.8 Å². The van der Waals surface area contributed by atoms with E-state index in [4.69, 9.17) is 9.47 Å². The van der Waals surface area contributed by atoms with Gasteiger partial charge in [0.15, 0.2) is 0 Å². The van der Waals surface area contributed by atoms with Gasteiger partial charge in [-0.2, -0.15) is 0 Å². The average molecular weight is 242 g/mol. The van der Waals surface area contributed by atoms with Crippen LogP contribution in [0.1, 0.15) is 47.0 Å². The molecular weight excluding hydrogens is 220 g/mol. The van der Waals surface area contributed by atoms with Crippen LogP contribution in [0.15, 0.2) is 12.2 Å². The normalized spacial score (nSPS) is 12.8. The molecule has 1 atom stereocenters. The molecular formula is C13H22O4. The number of carbonyl (C=O) groups excluding carboxylic acids is 2. The first-order valence-electron chi connectivity index (χ1n) is 6.02. The van der Waals surface area contributed by atoms with Gasteiger partial charge in [0.1, 0.15) is 0 Å². The van der Waals surface area contributed by atoms with Gasteiger partial charge in [-0.1, -0.05) is 32.9 Å². The van der Waals surface area contributed by atoms with E-state index in [0.29, 0.717) is 12.8 Å². The first kappa shape index (κ1) is 15.7. The van der Waals surface area contributed by atoms with Gasteiger partial charge >= 0.3 is 11.9 Å². The predicted octanol–water partition coefficient (Wildman–Crippen LogP) is 2.82. The van der Waals surface area contributed by atoms with E-state index in [1.54, 1.807) is 20.8 Å². The lowest BCUT2D eigenvalue weighted by Gasteiger charge is -2.15. The van der Waals surface area contributed by atoms with Gasteiger partial charge in [0.05, 0.1) is 5.92 Å². The van der Waals surface area contributed by atoms with E-state index in [9.17, 15) is 9.59 Å². The van der Waals surface area contributed by atoms with Crippen molar-refractivity contribution in [2.45, 2.75) is 53.2 Å². The van der Waals surface area contributed by atoms with Crippen molar-refractivity contribution in [3.8, 4) is 0 Å². The third-order valence-electron chi connectivity index (χ3n) is 1.97. The van der Waals surface area contributed by atoms with E-state index in [2.05, 4.69) is 0 Å². The highest BCUT2D eigenvalue weighted by Crippen LogP contribution is 2.04. The van der Waals surface area contributed by atoms with E-state index in [1.807, 2.05) is 19.1 Å². The Hall–Kier alpha value is -1.32. The molecule has 17 heavy (non-hydrogen) atoms. The number of hydrogen-bond acceptors (Lipinski definition) is 4. The maximum Gasteiger partial charge on any atom is 0.311 e. The van der Waals surface area contributed by atoms with E-state index in [1.165, 1.54) is 0 Å². The molecule has 0 spiro atoms. The van der Waals surface area contributed by atoms with Crippen LogP contribution in [0.3, 0.4) is 0 Å². The molecule has 0 aliphatic carbocycles. The zero-order valence-electron chi connectivity index (χ0n) is 11.1. The van der Waals surface area contributed by atoms with Crippen LogP contribution in [0.4, 0.5) is 0 Å². The second kappa shape index (κ2) is 8.79. The van der Waals surface area contributed by atoms with Crippen molar-refractivity contribution >= 4 is 11.9 Å². The van der Waals surface area contributed by atoms with Gasteiger partial charge in [-0.3, -0.25) is 9.59 Å². The van der Waals surface area contributed by atoms with Gasteiger partial charge in [0.25, 0.3) is 0 Å². The summed E-state index contributed by atoms with van der Waals surface area (Å²) in [5.74, 6) is -0.936. The fourth-order valence-electron chi connectivity index (χ4n) is 1.05. The first-order valence-corrected chi connectivity index (χ1v) is 6.02. The van der Waals surface area contributed by atoms with Gasteiger partial charge in [-0.25, -0.2) is 0 Å². The van der Waals surface area contributed by atoms with Gasteiger partial charge in [0, 0.05) is 13.3 Å². The van der Waals surface area contributed by atoms with Crippen molar-refractivity contribution in [2.24, 2.45) is 5.92 Å². The number of hydrogen-bond donors (Lipinski definition) is 0. The maximum atomic E-state index is 11.3. The zero-order chi connectivity index (χ0) is 13.3. The summed E-state index contributed by atoms with van der Waals surface area (Å²) >= 11 is 0. The van der Waals surface area contributed by atoms with Crippen LogP contribution in [-0.2, 0) is 19.1 Å². The Morgan fingerprint density at radius 2 is 1.76 bits per heavy atom. The molecule has 0 N–H and O–H groups in total. The van der Waals surface area contributed by atoms with Crippen LogP contribution in [0.2, 0.25) is 0 Å². The Morgan fingerprint density at radius 1 is 1.12 bits per heavy atom. The summed E-state index contributed by atoms with van der Waals surface area (Å²) in [7, 11) is 0. The third kappa shape index (κ3) is 8.48. The van der Waals surface area contributed by atoms with E-state index < -0.39 is 6.29 Å². The first-order chi connectivity index (χ1) is 7.97. The standard InChI is InChI=1S/C13H22O4/c1-5-6-7-8-9-12(14)16-11(4)17-13(15)10(2)3/h6-7,10-11H,5,8-9H2,1-4H3/b7-6+. The minimum Gasteiger partial charge on any atom is -0.425 e. The van der Waals surface area contributed by atoms with Crippen LogP contribution in [0, 0.1) is 5.92 Å². The number of esters is 2. The summed E-state index contributed by atoms with van der Waals surface area (Å²) in [5.41, 5.74) is 0. The molecule has 1 unspecified atom stereocenters. The molecule has 0 aromatic rings. The molecule has 98 valence electrons. The Morgan fingerprint density at radius 3 is 2.29 bits per heavy atom. The van der Waals surface area contributed by atoms with Crippen LogP contribution in [0.5, 0.6) is 0 Å². The van der Waals surface area contributed by atoms with Crippen molar-refractivity contribution in [3.05, 3.63) is 12.2 Å². The lowest BCUT2D eigenvalue weighted by atomic mass is 10.2. The van der Waals surface area contributed by atoms with E-state index >= 15 is 0 Å². The molecule has 0 amide bonds. The summed E-state index contributed by atoms with van der Waals surface area (Å²) in [6.45, 7) is 7.03. The van der Waals surface area contributed by atoms with Crippen molar-refractivity contribution in [3.63, 3.8) is 0 Å². The summed E-state index contributed by atoms with van der Waals surface area (Å²) in [6.07, 6.45) is 5.03. The topological polar surface area (TPSA) is 52.6 Å². The summed E-state index contributed by atoms with van der Waals surface area (Å²) in [6, 6.07) is 0. The number of rotatable bonds is 7. The SMILES string of the molecule is CC/C=C/CCC(=O)OC(C)OC(=O)C(C)C. The van der Waals surface area contributed by atoms with E-state index in [0.717, 1.165) is 6.42 Å². The van der Waals surface area contributed by atoms with Crippen LogP contribution < -0.4 is 0 Å². The molecule has 0 aliphatic rings. The second-order valence-corrected chi connectivity index (χ2v) is 4.07. The third-order valence-corrected chi connectivity index (χ3v) is 1.97. The largest absolute Gasteiger partial charge is 0.425 e. The maximum absolute atomic E-state index is 11.3. The molecule has 0 heterocycles. The quantitative estimate of drug-likeness (QED) is 0.391. The second-order valence-electron chi connectivity index (χ2n) is 4.07. The fraction of sp³-hybridized carbons (Fsp3) is 0.692. The number of carbonyl (C=O) groups is 2. The van der Waals surface area contributed by atoms with E-state index in [-0.39, 0.29) is 17.9 Å². The van der Waals surface area contributed by atoms with Crippen molar-refractivity contribution in [1.82, 2.24) is 0 Å². The Bertz CT molecular complexity index is 269. The number of ether oxygens (including phenoxy) is 2. The van der Waals surface area contributed by atoms with Crippen LogP contribution in [-0.4, -0.2) is 18.2 Å². The smallest absolute Gasteiger partial charge is 0.311 e. The van der Waals surface area contributed by atoms with Gasteiger partial charge in [0.2, 0.25) is 6.29 Å². The highest BCUT2D eigenvalue weighted by molar-refractivity contribution is 5.72. The molecule has 0 saturated heterocycles. The molecule has 0 aromatic heterocycles. The Labute approximate surface area is 103 Å².